The molecule has 0 fully saturated rings. The largest absolute Gasteiger partial charge is 0.366 e. The molecule has 4 nitrogen and oxygen atoms in total. The molecule has 0 aliphatic heterocycles. The molecule has 0 saturated heterocycles. The molecule has 4 heteroatoms. The molecule has 2 rings (SSSR count). The van der Waals surface area contributed by atoms with E-state index in [2.05, 4.69) is 14.7 Å². The zero-order valence-electron chi connectivity index (χ0n) is 6.15. The summed E-state index contributed by atoms with van der Waals surface area (Å²) in [5.74, 6) is 0. The minimum Gasteiger partial charge on any atom is -0.338 e. The summed E-state index contributed by atoms with van der Waals surface area (Å²) < 4.78 is 4.50. The van der Waals surface area contributed by atoms with Crippen LogP contribution < -0.4 is 5.63 Å². The zero-order chi connectivity index (χ0) is 8.39. The topological polar surface area (TPSA) is 58.9 Å². The minimum absolute atomic E-state index is 0.395. The maximum atomic E-state index is 11.0. The van der Waals surface area contributed by atoms with Crippen molar-refractivity contribution in [2.24, 2.45) is 0 Å². The molecule has 0 aromatic carbocycles. The first kappa shape index (κ1) is 6.84. The summed E-state index contributed by atoms with van der Waals surface area (Å²) >= 11 is 0. The van der Waals surface area contributed by atoms with Crippen LogP contribution >= 0.6 is 0 Å². The van der Waals surface area contributed by atoms with Crippen molar-refractivity contribution in [1.29, 1.82) is 0 Å². The van der Waals surface area contributed by atoms with Crippen LogP contribution in [0.15, 0.2) is 39.9 Å². The quantitative estimate of drug-likeness (QED) is 0.681. The lowest BCUT2D eigenvalue weighted by molar-refractivity contribution is 0.392. The molecule has 0 bridgehead atoms. The maximum absolute atomic E-state index is 11.0. The zero-order valence-corrected chi connectivity index (χ0v) is 6.15. The summed E-state index contributed by atoms with van der Waals surface area (Å²) in [5, 5.41) is 2.37. The molecule has 0 aliphatic rings. The summed E-state index contributed by atoms with van der Waals surface area (Å²) in [5.41, 5.74) is 0.678. The molecule has 0 unspecified atom stereocenters. The van der Waals surface area contributed by atoms with Gasteiger partial charge in [-0.15, -0.1) is 0 Å². The molecule has 1 N–H and O–H groups in total. The fourth-order valence-electron chi connectivity index (χ4n) is 0.956. The second kappa shape index (κ2) is 2.65. The van der Waals surface area contributed by atoms with Crippen molar-refractivity contribution in [2.75, 3.05) is 0 Å². The van der Waals surface area contributed by atoms with Gasteiger partial charge in [-0.05, 0) is 12.1 Å². The van der Waals surface area contributed by atoms with Gasteiger partial charge in [0, 0.05) is 6.20 Å². The molecule has 0 spiro atoms. The van der Waals surface area contributed by atoms with Crippen LogP contribution in [0.1, 0.15) is 0 Å². The van der Waals surface area contributed by atoms with Crippen LogP contribution in [0.3, 0.4) is 0 Å². The lowest BCUT2D eigenvalue weighted by Gasteiger charge is -1.89. The molecule has 0 radical (unpaired) electrons. The number of aromatic amines is 1. The monoisotopic (exact) mass is 162 g/mol. The van der Waals surface area contributed by atoms with E-state index in [4.69, 9.17) is 0 Å². The Balaban J connectivity index is 2.59. The van der Waals surface area contributed by atoms with Crippen molar-refractivity contribution in [3.05, 3.63) is 41.0 Å². The van der Waals surface area contributed by atoms with E-state index in [-0.39, 0.29) is 0 Å². The first-order valence-electron chi connectivity index (χ1n) is 3.46. The lowest BCUT2D eigenvalue weighted by Crippen LogP contribution is -1.96. The Bertz CT molecular complexity index is 416. The van der Waals surface area contributed by atoms with Crippen molar-refractivity contribution in [3.63, 3.8) is 0 Å². The highest BCUT2D eigenvalue weighted by atomic mass is 16.5. The van der Waals surface area contributed by atoms with Crippen LogP contribution in [-0.4, -0.2) is 10.1 Å². The third-order valence-corrected chi connectivity index (χ3v) is 1.52. The van der Waals surface area contributed by atoms with E-state index in [1.807, 2.05) is 6.07 Å². The van der Waals surface area contributed by atoms with Gasteiger partial charge in [0.1, 0.15) is 5.56 Å². The van der Waals surface area contributed by atoms with Crippen LogP contribution in [0.25, 0.3) is 11.3 Å². The number of H-pyrrole nitrogens is 1. The Morgan fingerprint density at radius 3 is 2.92 bits per heavy atom. The molecule has 2 aromatic heterocycles. The average molecular weight is 162 g/mol. The van der Waals surface area contributed by atoms with Gasteiger partial charge in [0.15, 0.2) is 0 Å². The molecule has 0 atom stereocenters. The maximum Gasteiger partial charge on any atom is 0.366 e. The van der Waals surface area contributed by atoms with E-state index >= 15 is 0 Å². The smallest absolute Gasteiger partial charge is 0.338 e. The number of hydrogen-bond donors (Lipinski definition) is 1. The van der Waals surface area contributed by atoms with Crippen molar-refractivity contribution in [3.8, 4) is 11.3 Å². The third-order valence-electron chi connectivity index (χ3n) is 1.52. The predicted molar refractivity (Wildman–Crippen MR) is 42.6 cm³/mol. The van der Waals surface area contributed by atoms with E-state index < -0.39 is 5.63 Å². The normalized spacial score (nSPS) is 10.0. The molecule has 60 valence electrons. The van der Waals surface area contributed by atoms with Gasteiger partial charge in [-0.3, -0.25) is 4.98 Å². The van der Waals surface area contributed by atoms with Crippen molar-refractivity contribution >= 4 is 0 Å². The number of hydrogen-bond acceptors (Lipinski definition) is 3. The van der Waals surface area contributed by atoms with Crippen molar-refractivity contribution in [1.82, 2.24) is 10.1 Å². The Hall–Kier alpha value is -1.84. The molecule has 0 saturated carbocycles. The standard InChI is InChI=1S/C8H6N2O2/c11-8-6(5-10-12-8)7-3-1-2-4-9-7/h1-5,10H. The molecule has 0 aliphatic carbocycles. The summed E-state index contributed by atoms with van der Waals surface area (Å²) in [7, 11) is 0. The van der Waals surface area contributed by atoms with Gasteiger partial charge in [0.05, 0.1) is 11.9 Å². The summed E-state index contributed by atoms with van der Waals surface area (Å²) in [6, 6.07) is 5.35. The second-order valence-electron chi connectivity index (χ2n) is 2.28. The summed E-state index contributed by atoms with van der Waals surface area (Å²) in [6.45, 7) is 0. The minimum atomic E-state index is -0.395. The van der Waals surface area contributed by atoms with Gasteiger partial charge in [-0.1, -0.05) is 6.07 Å². The number of nitrogens with zero attached hydrogens (tertiary/aromatic N) is 1. The number of aromatic nitrogens is 2. The highest BCUT2D eigenvalue weighted by molar-refractivity contribution is 5.55. The molecular formula is C8H6N2O2. The average Bonchev–Trinajstić information content (AvgIpc) is 2.53. The van der Waals surface area contributed by atoms with Crippen LogP contribution in [0.5, 0.6) is 0 Å². The van der Waals surface area contributed by atoms with Gasteiger partial charge >= 0.3 is 5.63 Å². The van der Waals surface area contributed by atoms with E-state index in [9.17, 15) is 4.79 Å². The highest BCUT2D eigenvalue weighted by Gasteiger charge is 2.04. The molecular weight excluding hydrogens is 156 g/mol. The van der Waals surface area contributed by atoms with E-state index in [1.165, 1.54) is 6.20 Å². The van der Waals surface area contributed by atoms with E-state index in [0.29, 0.717) is 11.3 Å². The van der Waals surface area contributed by atoms with Crippen molar-refractivity contribution < 1.29 is 4.52 Å². The molecule has 2 heterocycles. The third kappa shape index (κ3) is 1.03. The van der Waals surface area contributed by atoms with Crippen LogP contribution in [0, 0.1) is 0 Å². The van der Waals surface area contributed by atoms with Gasteiger partial charge in [0.2, 0.25) is 0 Å². The van der Waals surface area contributed by atoms with Crippen LogP contribution in [0.4, 0.5) is 0 Å². The molecule has 0 amide bonds. The fourth-order valence-corrected chi connectivity index (χ4v) is 0.956. The van der Waals surface area contributed by atoms with Crippen molar-refractivity contribution in [2.45, 2.75) is 0 Å². The predicted octanol–water partition coefficient (Wildman–Crippen LogP) is 1.03. The van der Waals surface area contributed by atoms with Gasteiger partial charge in [-0.25, -0.2) is 9.95 Å². The second-order valence-corrected chi connectivity index (χ2v) is 2.28. The van der Waals surface area contributed by atoms with Crippen LogP contribution in [0.2, 0.25) is 0 Å². The molecule has 2 aromatic rings. The Labute approximate surface area is 67.8 Å². The highest BCUT2D eigenvalue weighted by Crippen LogP contribution is 2.08. The lowest BCUT2D eigenvalue weighted by atomic mass is 10.2. The summed E-state index contributed by atoms with van der Waals surface area (Å²) in [4.78, 5) is 15.0. The van der Waals surface area contributed by atoms with Gasteiger partial charge in [0.25, 0.3) is 0 Å². The molecule has 12 heavy (non-hydrogen) atoms. The number of nitrogens with one attached hydrogen (secondary N) is 1. The first-order valence-corrected chi connectivity index (χ1v) is 3.46. The Kier molecular flexibility index (Phi) is 1.51. The summed E-state index contributed by atoms with van der Waals surface area (Å²) in [6.07, 6.45) is 3.12. The number of rotatable bonds is 1. The number of pyridine rings is 1. The fraction of sp³-hybridized carbons (Fsp3) is 0. The van der Waals surface area contributed by atoms with Gasteiger partial charge in [-0.2, -0.15) is 0 Å². The van der Waals surface area contributed by atoms with E-state index in [0.717, 1.165) is 0 Å². The Morgan fingerprint density at radius 1 is 1.42 bits per heavy atom. The SMILES string of the molecule is O=c1o[nH]cc1-c1ccccn1. The van der Waals surface area contributed by atoms with Gasteiger partial charge < -0.3 is 4.52 Å². The Morgan fingerprint density at radius 2 is 2.33 bits per heavy atom. The van der Waals surface area contributed by atoms with Crippen LogP contribution in [-0.2, 0) is 0 Å². The van der Waals surface area contributed by atoms with E-state index in [1.54, 1.807) is 18.3 Å². The first-order chi connectivity index (χ1) is 5.88.